The fourth-order valence-electron chi connectivity index (χ4n) is 2.93. The zero-order chi connectivity index (χ0) is 21.7. The van der Waals surface area contributed by atoms with Gasteiger partial charge in [-0.05, 0) is 38.1 Å². The maximum atomic E-state index is 12.5. The summed E-state index contributed by atoms with van der Waals surface area (Å²) in [6, 6.07) is 14.5. The Morgan fingerprint density at radius 3 is 2.57 bits per heavy atom. The largest absolute Gasteiger partial charge is 0.452 e. The van der Waals surface area contributed by atoms with Crippen LogP contribution in [0, 0.1) is 6.92 Å². The van der Waals surface area contributed by atoms with Crippen molar-refractivity contribution in [1.82, 2.24) is 10.1 Å². The van der Waals surface area contributed by atoms with Gasteiger partial charge in [0.1, 0.15) is 5.69 Å². The van der Waals surface area contributed by atoms with E-state index in [2.05, 4.69) is 10.5 Å². The van der Waals surface area contributed by atoms with Crippen molar-refractivity contribution in [3.63, 3.8) is 0 Å². The van der Waals surface area contributed by atoms with Crippen molar-refractivity contribution in [2.75, 3.05) is 18.9 Å². The van der Waals surface area contributed by atoms with Crippen molar-refractivity contribution in [3.05, 3.63) is 59.8 Å². The second-order valence-corrected chi connectivity index (χ2v) is 7.04. The number of nitrogens with zero attached hydrogens (tertiary/aromatic N) is 2. The number of hydrogen-bond donors (Lipinski definition) is 1. The summed E-state index contributed by atoms with van der Waals surface area (Å²) in [6.45, 7) is 3.25. The molecule has 0 aliphatic carbocycles. The molecule has 30 heavy (non-hydrogen) atoms. The Labute approximate surface area is 173 Å². The Kier molecular flexibility index (Phi) is 6.46. The maximum Gasteiger partial charge on any atom is 0.312 e. The van der Waals surface area contributed by atoms with Gasteiger partial charge in [0.25, 0.3) is 5.91 Å². The Bertz CT molecular complexity index is 1060. The minimum Gasteiger partial charge on any atom is -0.452 e. The molecule has 0 spiro atoms. The average Bonchev–Trinajstić information content (AvgIpc) is 3.11. The lowest BCUT2D eigenvalue weighted by Crippen LogP contribution is -2.41. The molecule has 0 aliphatic rings. The van der Waals surface area contributed by atoms with E-state index in [1.807, 2.05) is 25.1 Å². The first kappa shape index (κ1) is 21.0. The van der Waals surface area contributed by atoms with Crippen LogP contribution in [0.4, 0.5) is 5.69 Å². The molecule has 3 rings (SSSR count). The number of amides is 2. The van der Waals surface area contributed by atoms with Crippen LogP contribution in [-0.4, -0.2) is 47.5 Å². The molecule has 0 unspecified atom stereocenters. The van der Waals surface area contributed by atoms with E-state index in [1.54, 1.807) is 30.3 Å². The molecular weight excluding hydrogens is 386 g/mol. The summed E-state index contributed by atoms with van der Waals surface area (Å²) >= 11 is 0. The second kappa shape index (κ2) is 9.21. The molecule has 3 aromatic rings. The Morgan fingerprint density at radius 1 is 1.13 bits per heavy atom. The van der Waals surface area contributed by atoms with Crippen molar-refractivity contribution in [3.8, 4) is 0 Å². The van der Waals surface area contributed by atoms with E-state index < -0.39 is 18.0 Å². The second-order valence-electron chi connectivity index (χ2n) is 7.04. The highest BCUT2D eigenvalue weighted by Crippen LogP contribution is 2.18. The third kappa shape index (κ3) is 5.22. The Hall–Kier alpha value is -3.68. The fourth-order valence-corrected chi connectivity index (χ4v) is 2.93. The molecule has 8 nitrogen and oxygen atoms in total. The number of likely N-dealkylation sites (N-methyl/N-ethyl adjacent to an activating group) is 1. The van der Waals surface area contributed by atoms with Crippen LogP contribution in [0.5, 0.6) is 0 Å². The number of benzene rings is 2. The summed E-state index contributed by atoms with van der Waals surface area (Å²) in [4.78, 5) is 38.1. The molecule has 1 N–H and O–H groups in total. The third-order valence-electron chi connectivity index (χ3n) is 4.51. The van der Waals surface area contributed by atoms with Crippen LogP contribution in [0.25, 0.3) is 11.0 Å². The Balaban J connectivity index is 1.50. The number of rotatable bonds is 7. The van der Waals surface area contributed by atoms with Crippen LogP contribution in [0.3, 0.4) is 0 Å². The van der Waals surface area contributed by atoms with Gasteiger partial charge in [-0.15, -0.1) is 0 Å². The number of aryl methyl sites for hydroxylation is 1. The van der Waals surface area contributed by atoms with Crippen molar-refractivity contribution in [2.45, 2.75) is 26.4 Å². The van der Waals surface area contributed by atoms with Gasteiger partial charge in [-0.25, -0.2) is 0 Å². The third-order valence-corrected chi connectivity index (χ3v) is 4.51. The zero-order valence-electron chi connectivity index (χ0n) is 17.0. The molecule has 1 aromatic heterocycles. The van der Waals surface area contributed by atoms with E-state index in [4.69, 9.17) is 9.26 Å². The lowest BCUT2D eigenvalue weighted by molar-refractivity contribution is -0.158. The summed E-state index contributed by atoms with van der Waals surface area (Å²) in [5.74, 6) is -1.43. The van der Waals surface area contributed by atoms with E-state index >= 15 is 0 Å². The highest BCUT2D eigenvalue weighted by atomic mass is 16.5. The number of aromatic nitrogens is 1. The number of hydrogen-bond acceptors (Lipinski definition) is 6. The quantitative estimate of drug-likeness (QED) is 0.602. The summed E-state index contributed by atoms with van der Waals surface area (Å²) in [6.07, 6.45) is -1.15. The highest BCUT2D eigenvalue weighted by molar-refractivity contribution is 5.95. The van der Waals surface area contributed by atoms with Crippen LogP contribution in [0.2, 0.25) is 0 Å². The summed E-state index contributed by atoms with van der Waals surface area (Å²) in [5.41, 5.74) is 2.74. The predicted molar refractivity (Wildman–Crippen MR) is 111 cm³/mol. The van der Waals surface area contributed by atoms with Gasteiger partial charge in [-0.3, -0.25) is 14.4 Å². The first-order chi connectivity index (χ1) is 14.3. The molecule has 1 atom stereocenters. The summed E-state index contributed by atoms with van der Waals surface area (Å²) < 4.78 is 10.4. The van der Waals surface area contributed by atoms with Crippen LogP contribution in [-0.2, 0) is 25.5 Å². The number of nitrogens with one attached hydrogen (secondary N) is 1. The van der Waals surface area contributed by atoms with Gasteiger partial charge in [0.2, 0.25) is 5.91 Å². The number of fused-ring (bicyclic) bond motifs is 1. The molecule has 0 saturated carbocycles. The minimum atomic E-state index is -1.03. The molecule has 0 radical (unpaired) electrons. The number of carbonyl (C=O) groups excluding carboxylic acids is 3. The van der Waals surface area contributed by atoms with Gasteiger partial charge in [0, 0.05) is 18.1 Å². The van der Waals surface area contributed by atoms with Crippen molar-refractivity contribution in [1.29, 1.82) is 0 Å². The van der Waals surface area contributed by atoms with E-state index in [0.29, 0.717) is 17.0 Å². The molecule has 0 fully saturated rings. The smallest absolute Gasteiger partial charge is 0.312 e. The van der Waals surface area contributed by atoms with Crippen LogP contribution < -0.4 is 5.32 Å². The van der Waals surface area contributed by atoms with Gasteiger partial charge in [0.15, 0.2) is 11.7 Å². The monoisotopic (exact) mass is 409 g/mol. The van der Waals surface area contributed by atoms with Gasteiger partial charge in [0.05, 0.1) is 13.0 Å². The molecule has 0 bridgehead atoms. The van der Waals surface area contributed by atoms with E-state index in [-0.39, 0.29) is 18.9 Å². The standard InChI is InChI=1S/C22H23N3O5/c1-14-8-10-16(11-9-14)23-20(26)13-25(3)22(28)15(2)29-21(27)12-18-17-6-4-5-7-19(17)30-24-18/h4-11,15H,12-13H2,1-3H3,(H,23,26)/t15-/m1/s1. The maximum absolute atomic E-state index is 12.5. The number of ether oxygens (including phenoxy) is 1. The van der Waals surface area contributed by atoms with Crippen molar-refractivity contribution in [2.24, 2.45) is 0 Å². The first-order valence-corrected chi connectivity index (χ1v) is 9.47. The zero-order valence-corrected chi connectivity index (χ0v) is 17.0. The van der Waals surface area contributed by atoms with Crippen molar-refractivity contribution < 1.29 is 23.6 Å². The van der Waals surface area contributed by atoms with Gasteiger partial charge >= 0.3 is 5.97 Å². The van der Waals surface area contributed by atoms with Gasteiger partial charge in [-0.2, -0.15) is 0 Å². The highest BCUT2D eigenvalue weighted by Gasteiger charge is 2.24. The fraction of sp³-hybridized carbons (Fsp3) is 0.273. The molecule has 0 saturated heterocycles. The van der Waals surface area contributed by atoms with E-state index in [1.165, 1.54) is 18.9 Å². The molecule has 8 heteroatoms. The normalized spacial score (nSPS) is 11.7. The molecule has 2 aromatic carbocycles. The minimum absolute atomic E-state index is 0.119. The van der Waals surface area contributed by atoms with Crippen molar-refractivity contribution >= 4 is 34.4 Å². The number of para-hydroxylation sites is 1. The first-order valence-electron chi connectivity index (χ1n) is 9.47. The molecule has 156 valence electrons. The molecule has 2 amide bonds. The molecular formula is C22H23N3O5. The SMILES string of the molecule is Cc1ccc(NC(=O)CN(C)C(=O)[C@@H](C)OC(=O)Cc2noc3ccccc23)cc1. The topological polar surface area (TPSA) is 102 Å². The van der Waals surface area contributed by atoms with Crippen LogP contribution in [0.1, 0.15) is 18.2 Å². The number of esters is 1. The summed E-state index contributed by atoms with van der Waals surface area (Å²) in [7, 11) is 1.48. The summed E-state index contributed by atoms with van der Waals surface area (Å²) in [5, 5.41) is 7.33. The van der Waals surface area contributed by atoms with Gasteiger partial charge < -0.3 is 19.5 Å². The predicted octanol–water partition coefficient (Wildman–Crippen LogP) is 2.71. The van der Waals surface area contributed by atoms with Gasteiger partial charge in [-0.1, -0.05) is 35.0 Å². The Morgan fingerprint density at radius 2 is 1.83 bits per heavy atom. The molecule has 1 heterocycles. The number of carbonyl (C=O) groups is 3. The molecule has 0 aliphatic heterocycles. The van der Waals surface area contributed by atoms with E-state index in [9.17, 15) is 14.4 Å². The lowest BCUT2D eigenvalue weighted by Gasteiger charge is -2.21. The number of anilines is 1. The lowest BCUT2D eigenvalue weighted by atomic mass is 10.2. The van der Waals surface area contributed by atoms with Crippen LogP contribution >= 0.6 is 0 Å². The average molecular weight is 409 g/mol. The van der Waals surface area contributed by atoms with E-state index in [0.717, 1.165) is 10.9 Å². The van der Waals surface area contributed by atoms with Crippen LogP contribution in [0.15, 0.2) is 53.1 Å².